The average molecular weight is 779 g/mol. The number of carbonyl (C=O) groups is 3. The van der Waals surface area contributed by atoms with E-state index in [1.807, 2.05) is 59.5 Å². The molecule has 3 N–H and O–H groups in total. The molecule has 3 amide bonds. The fraction of sp³-hybridized carbons (Fsp3) is 0.419. The molecule has 3 saturated heterocycles. The number of ether oxygens (including phenoxy) is 1. The summed E-state index contributed by atoms with van der Waals surface area (Å²) in [5, 5.41) is 8.74. The molecule has 4 aromatic rings. The molecule has 1 saturated carbocycles. The summed E-state index contributed by atoms with van der Waals surface area (Å²) in [4.78, 5) is 51.8. The lowest BCUT2D eigenvalue weighted by atomic mass is 9.93. The third-order valence-electron chi connectivity index (χ3n) is 11.7. The van der Waals surface area contributed by atoms with Gasteiger partial charge >= 0.3 is 6.09 Å². The maximum atomic E-state index is 15.2. The summed E-state index contributed by atoms with van der Waals surface area (Å²) in [5.74, 6) is -1.13. The van der Waals surface area contributed by atoms with Crippen molar-refractivity contribution in [3.63, 3.8) is 0 Å². The molecule has 4 aliphatic rings. The van der Waals surface area contributed by atoms with Crippen molar-refractivity contribution in [2.24, 2.45) is 0 Å². The van der Waals surface area contributed by atoms with Crippen LogP contribution in [-0.4, -0.2) is 101 Å². The quantitative estimate of drug-likeness (QED) is 0.163. The van der Waals surface area contributed by atoms with Crippen molar-refractivity contribution in [3.8, 4) is 22.4 Å². The van der Waals surface area contributed by atoms with E-state index in [0.29, 0.717) is 61.5 Å². The first-order chi connectivity index (χ1) is 27.8. The van der Waals surface area contributed by atoms with Crippen LogP contribution in [0.1, 0.15) is 51.4 Å². The first-order valence-corrected chi connectivity index (χ1v) is 20.0. The number of benzene rings is 3. The third kappa shape index (κ3) is 9.17. The summed E-state index contributed by atoms with van der Waals surface area (Å²) in [6, 6.07) is 22.4. The van der Waals surface area contributed by atoms with Crippen molar-refractivity contribution in [1.29, 1.82) is 0 Å². The number of anilines is 3. The van der Waals surface area contributed by atoms with Gasteiger partial charge in [0.1, 0.15) is 23.7 Å². The number of hydrogen-bond donors (Lipinski definition) is 3. The van der Waals surface area contributed by atoms with Crippen molar-refractivity contribution < 1.29 is 27.9 Å². The Morgan fingerprint density at radius 2 is 1.49 bits per heavy atom. The molecule has 0 spiro atoms. The van der Waals surface area contributed by atoms with Crippen LogP contribution in [-0.2, 0) is 14.3 Å². The SMILES string of the molecule is O=C1CCC(Nc2ccc(N3CCN(C4CCN(C(=O)O[C@H]5CC[C@H](Nc6ncc(F)c(-c7cccc(-c8ccccc8)c7)n6)CC5)CC4)CC3)c(F)c2)C(=O)N1. The van der Waals surface area contributed by atoms with Crippen molar-refractivity contribution in [3.05, 3.63) is 90.6 Å². The Kier molecular flexibility index (Phi) is 11.6. The molecule has 57 heavy (non-hydrogen) atoms. The number of aromatic nitrogens is 2. The highest BCUT2D eigenvalue weighted by Gasteiger charge is 2.33. The van der Waals surface area contributed by atoms with E-state index >= 15 is 4.39 Å². The molecule has 1 atom stereocenters. The van der Waals surface area contributed by atoms with Crippen LogP contribution >= 0.6 is 0 Å². The standard InChI is InChI=1S/C43H48F2N8O4/c44-35-26-32(47-37-14-16-39(54)49-41(37)55)11-15-38(35)52-23-21-51(22-24-52)33-17-19-53(20-18-33)43(56)57-34-12-9-31(10-13-34)48-42-46-27-36(45)40(50-42)30-8-4-7-29(25-30)28-5-2-1-3-6-28/h1-8,11,15,25-27,31,33-34,37,47H,9-10,12-14,16-24H2,(H,46,48,50)(H,49,54,55)/t31-,34-,37?. The maximum Gasteiger partial charge on any atom is 0.410 e. The monoisotopic (exact) mass is 778 g/mol. The van der Waals surface area contributed by atoms with E-state index in [9.17, 15) is 18.8 Å². The van der Waals surface area contributed by atoms with E-state index < -0.39 is 17.8 Å². The predicted octanol–water partition coefficient (Wildman–Crippen LogP) is 6.45. The molecule has 3 aliphatic heterocycles. The molecule has 0 radical (unpaired) electrons. The van der Waals surface area contributed by atoms with Crippen LogP contribution in [0.3, 0.4) is 0 Å². The summed E-state index contributed by atoms with van der Waals surface area (Å²) in [6.07, 6.45) is 6.13. The Balaban J connectivity index is 0.756. The van der Waals surface area contributed by atoms with Crippen LogP contribution in [0, 0.1) is 11.6 Å². The lowest BCUT2D eigenvalue weighted by Crippen LogP contribution is -2.54. The zero-order valence-corrected chi connectivity index (χ0v) is 31.8. The van der Waals surface area contributed by atoms with Gasteiger partial charge < -0.3 is 25.2 Å². The van der Waals surface area contributed by atoms with E-state index in [0.717, 1.165) is 62.7 Å². The molecule has 14 heteroatoms. The summed E-state index contributed by atoms with van der Waals surface area (Å²) in [7, 11) is 0. The van der Waals surface area contributed by atoms with E-state index in [1.54, 1.807) is 12.1 Å². The summed E-state index contributed by atoms with van der Waals surface area (Å²) in [6.45, 7) is 4.24. The number of likely N-dealkylation sites (tertiary alicyclic amines) is 1. The largest absolute Gasteiger partial charge is 0.446 e. The molecule has 4 heterocycles. The smallest absolute Gasteiger partial charge is 0.410 e. The lowest BCUT2D eigenvalue weighted by molar-refractivity contribution is -0.133. The Morgan fingerprint density at radius 1 is 0.754 bits per heavy atom. The number of hydrogen-bond acceptors (Lipinski definition) is 10. The van der Waals surface area contributed by atoms with Gasteiger partial charge in [-0.2, -0.15) is 0 Å². The maximum absolute atomic E-state index is 15.2. The average Bonchev–Trinajstić information content (AvgIpc) is 3.24. The van der Waals surface area contributed by atoms with E-state index in [2.05, 4.69) is 35.7 Å². The Bertz CT molecular complexity index is 2070. The second-order valence-corrected chi connectivity index (χ2v) is 15.4. The number of nitrogens with one attached hydrogen (secondary N) is 3. The molecule has 8 rings (SSSR count). The van der Waals surface area contributed by atoms with Crippen molar-refractivity contribution in [1.82, 2.24) is 25.1 Å². The number of halogens is 2. The molecule has 0 bridgehead atoms. The second kappa shape index (κ2) is 17.2. The molecular formula is C43H48F2N8O4. The van der Waals surface area contributed by atoms with Gasteiger partial charge in [-0.3, -0.25) is 19.8 Å². The zero-order valence-electron chi connectivity index (χ0n) is 31.8. The van der Waals surface area contributed by atoms with Gasteiger partial charge in [0, 0.05) is 69.0 Å². The first-order valence-electron chi connectivity index (χ1n) is 20.0. The molecule has 3 aromatic carbocycles. The summed E-state index contributed by atoms with van der Waals surface area (Å²) >= 11 is 0. The number of imide groups is 1. The normalized spacial score (nSPS) is 22.2. The second-order valence-electron chi connectivity index (χ2n) is 15.4. The third-order valence-corrected chi connectivity index (χ3v) is 11.7. The van der Waals surface area contributed by atoms with Gasteiger partial charge in [-0.15, -0.1) is 0 Å². The number of rotatable bonds is 9. The highest BCUT2D eigenvalue weighted by atomic mass is 19.1. The number of piperazine rings is 1. The number of amides is 3. The fourth-order valence-electron chi connectivity index (χ4n) is 8.47. The van der Waals surface area contributed by atoms with Crippen LogP contribution in [0.5, 0.6) is 0 Å². The Labute approximate surface area is 331 Å². The number of piperidine rings is 2. The lowest BCUT2D eigenvalue weighted by Gasteiger charge is -2.43. The van der Waals surface area contributed by atoms with Gasteiger partial charge in [0.05, 0.1) is 11.9 Å². The minimum Gasteiger partial charge on any atom is -0.446 e. The van der Waals surface area contributed by atoms with Gasteiger partial charge in [-0.1, -0.05) is 48.5 Å². The molecular weight excluding hydrogens is 731 g/mol. The molecule has 1 unspecified atom stereocenters. The van der Waals surface area contributed by atoms with Gasteiger partial charge in [-0.05, 0) is 80.3 Å². The summed E-state index contributed by atoms with van der Waals surface area (Å²) in [5.41, 5.74) is 4.00. The van der Waals surface area contributed by atoms with Crippen LogP contribution < -0.4 is 20.9 Å². The van der Waals surface area contributed by atoms with E-state index in [1.165, 1.54) is 12.3 Å². The minimum atomic E-state index is -0.565. The van der Waals surface area contributed by atoms with Crippen LogP contribution in [0.2, 0.25) is 0 Å². The van der Waals surface area contributed by atoms with E-state index in [-0.39, 0.29) is 42.1 Å². The topological polar surface area (TPSA) is 132 Å². The molecule has 12 nitrogen and oxygen atoms in total. The van der Waals surface area contributed by atoms with Crippen molar-refractivity contribution in [2.75, 3.05) is 54.8 Å². The predicted molar refractivity (Wildman–Crippen MR) is 214 cm³/mol. The van der Waals surface area contributed by atoms with Crippen molar-refractivity contribution in [2.45, 2.75) is 75.6 Å². The highest BCUT2D eigenvalue weighted by Crippen LogP contribution is 2.30. The molecule has 298 valence electrons. The summed E-state index contributed by atoms with van der Waals surface area (Å²) < 4.78 is 36.1. The number of carbonyl (C=O) groups excluding carboxylic acids is 3. The molecule has 1 aliphatic carbocycles. The zero-order chi connectivity index (χ0) is 39.3. The van der Waals surface area contributed by atoms with Crippen LogP contribution in [0.4, 0.5) is 30.9 Å². The van der Waals surface area contributed by atoms with Gasteiger partial charge in [0.15, 0.2) is 5.82 Å². The van der Waals surface area contributed by atoms with Gasteiger partial charge in [0.25, 0.3) is 0 Å². The molecule has 4 fully saturated rings. The first kappa shape index (κ1) is 38.3. The van der Waals surface area contributed by atoms with Gasteiger partial charge in [0.2, 0.25) is 17.8 Å². The highest BCUT2D eigenvalue weighted by molar-refractivity contribution is 6.01. The van der Waals surface area contributed by atoms with Crippen LogP contribution in [0.15, 0.2) is 79.0 Å². The van der Waals surface area contributed by atoms with E-state index in [4.69, 9.17) is 4.74 Å². The number of nitrogens with zero attached hydrogens (tertiary/aromatic N) is 5. The van der Waals surface area contributed by atoms with Gasteiger partial charge in [-0.25, -0.2) is 23.5 Å². The van der Waals surface area contributed by atoms with Crippen molar-refractivity contribution >= 4 is 35.2 Å². The minimum absolute atomic E-state index is 0.0861. The van der Waals surface area contributed by atoms with Crippen LogP contribution in [0.25, 0.3) is 22.4 Å². The molecule has 1 aromatic heterocycles. The fourth-order valence-corrected chi connectivity index (χ4v) is 8.47. The Hall–Kier alpha value is -5.63. The Morgan fingerprint density at radius 3 is 2.23 bits per heavy atom.